The van der Waals surface area contributed by atoms with Crippen LogP contribution in [0.2, 0.25) is 0 Å². The summed E-state index contributed by atoms with van der Waals surface area (Å²) in [7, 11) is -4.18. The van der Waals surface area contributed by atoms with Crippen molar-refractivity contribution in [1.82, 2.24) is 4.89 Å². The van der Waals surface area contributed by atoms with Gasteiger partial charge in [-0.1, -0.05) is 4.89 Å². The van der Waals surface area contributed by atoms with E-state index in [1.165, 1.54) is 0 Å². The number of hydrogen-bond donors (Lipinski definition) is 2. The highest BCUT2D eigenvalue weighted by Gasteiger charge is 2.26. The molecular formula is C17H17F2IN2O3S. The Labute approximate surface area is 164 Å². The van der Waals surface area contributed by atoms with Crippen molar-refractivity contribution in [2.24, 2.45) is 5.92 Å². The zero-order valence-corrected chi connectivity index (χ0v) is 16.8. The van der Waals surface area contributed by atoms with Crippen LogP contribution in [0.5, 0.6) is 0 Å². The van der Waals surface area contributed by atoms with Gasteiger partial charge in [0.05, 0.1) is 12.3 Å². The number of rotatable bonds is 7. The molecule has 0 saturated heterocycles. The maximum atomic E-state index is 14.4. The van der Waals surface area contributed by atoms with Gasteiger partial charge >= 0.3 is 0 Å². The average molecular weight is 494 g/mol. The van der Waals surface area contributed by atoms with E-state index in [2.05, 4.69) is 27.9 Å². The predicted octanol–water partition coefficient (Wildman–Crippen LogP) is 4.24. The Morgan fingerprint density at radius 1 is 1.23 bits per heavy atom. The second-order valence-electron chi connectivity index (χ2n) is 6.16. The van der Waals surface area contributed by atoms with E-state index < -0.39 is 32.2 Å². The Balaban J connectivity index is 1.93. The zero-order valence-electron chi connectivity index (χ0n) is 13.9. The molecule has 1 aliphatic carbocycles. The van der Waals surface area contributed by atoms with Crippen molar-refractivity contribution in [3.8, 4) is 0 Å². The number of benzene rings is 2. The third-order valence-corrected chi connectivity index (χ3v) is 5.91. The van der Waals surface area contributed by atoms with Gasteiger partial charge in [-0.3, -0.25) is 4.84 Å². The van der Waals surface area contributed by atoms with E-state index in [1.807, 2.05) is 11.0 Å². The zero-order chi connectivity index (χ0) is 18.9. The minimum absolute atomic E-state index is 0.252. The van der Waals surface area contributed by atoms with Gasteiger partial charge in [0.2, 0.25) is 0 Å². The fourth-order valence-electron chi connectivity index (χ4n) is 2.33. The van der Waals surface area contributed by atoms with Crippen LogP contribution in [0.1, 0.15) is 18.4 Å². The number of aryl methyl sites for hydroxylation is 1. The van der Waals surface area contributed by atoms with Crippen molar-refractivity contribution in [3.63, 3.8) is 0 Å². The summed E-state index contributed by atoms with van der Waals surface area (Å²) in [5, 5.41) is 2.70. The van der Waals surface area contributed by atoms with Gasteiger partial charge in [-0.2, -0.15) is 0 Å². The maximum absolute atomic E-state index is 14.4. The summed E-state index contributed by atoms with van der Waals surface area (Å²) in [6.45, 7) is 2.04. The van der Waals surface area contributed by atoms with Crippen molar-refractivity contribution >= 4 is 44.0 Å². The maximum Gasteiger partial charge on any atom is 0.264 e. The molecule has 2 N–H and O–H groups in total. The first kappa shape index (κ1) is 19.5. The second-order valence-corrected chi connectivity index (χ2v) is 9.02. The Morgan fingerprint density at radius 3 is 2.62 bits per heavy atom. The van der Waals surface area contributed by atoms with E-state index in [1.54, 1.807) is 19.1 Å². The Hall–Kier alpha value is -1.30. The summed E-state index contributed by atoms with van der Waals surface area (Å²) in [6, 6.07) is 7.07. The summed E-state index contributed by atoms with van der Waals surface area (Å²) in [5.41, 5.74) is 0.781. The van der Waals surface area contributed by atoms with Gasteiger partial charge in [-0.05, 0) is 84.2 Å². The molecule has 0 bridgehead atoms. The van der Waals surface area contributed by atoms with Gasteiger partial charge in [0.25, 0.3) is 10.0 Å². The lowest BCUT2D eigenvalue weighted by Gasteiger charge is -2.16. The topological polar surface area (TPSA) is 67.4 Å². The van der Waals surface area contributed by atoms with Crippen molar-refractivity contribution in [2.45, 2.75) is 24.7 Å². The molecule has 0 aliphatic heterocycles. The van der Waals surface area contributed by atoms with Crippen LogP contribution in [0, 0.1) is 28.0 Å². The van der Waals surface area contributed by atoms with E-state index in [9.17, 15) is 17.2 Å². The third-order valence-electron chi connectivity index (χ3n) is 3.98. The highest BCUT2D eigenvalue weighted by molar-refractivity contribution is 14.1. The standard InChI is InChI=1S/C17H17F2IN2O3S/c1-10-8-12(20)4-6-14(10)21-17-15(7-5-13(18)16(17)19)26(23,24)22-25-9-11-2-3-11/h4-8,11,21-22H,2-3,9H2,1H3. The van der Waals surface area contributed by atoms with Crippen LogP contribution >= 0.6 is 22.6 Å². The van der Waals surface area contributed by atoms with Gasteiger partial charge in [-0.25, -0.2) is 17.2 Å². The Kier molecular flexibility index (Phi) is 5.80. The minimum atomic E-state index is -4.18. The monoisotopic (exact) mass is 494 g/mol. The number of nitrogens with one attached hydrogen (secondary N) is 2. The molecule has 1 aliphatic rings. The third kappa shape index (κ3) is 4.51. The fraction of sp³-hybridized carbons (Fsp3) is 0.294. The quantitative estimate of drug-likeness (QED) is 0.447. The van der Waals surface area contributed by atoms with Crippen LogP contribution in [0.4, 0.5) is 20.2 Å². The molecule has 5 nitrogen and oxygen atoms in total. The largest absolute Gasteiger partial charge is 0.352 e. The van der Waals surface area contributed by atoms with Crippen LogP contribution in [0.25, 0.3) is 0 Å². The molecule has 140 valence electrons. The number of hydrogen-bond acceptors (Lipinski definition) is 4. The van der Waals surface area contributed by atoms with E-state index >= 15 is 0 Å². The molecule has 0 atom stereocenters. The lowest BCUT2D eigenvalue weighted by Crippen LogP contribution is -2.26. The molecule has 9 heteroatoms. The molecular weight excluding hydrogens is 477 g/mol. The first-order valence-electron chi connectivity index (χ1n) is 7.92. The van der Waals surface area contributed by atoms with E-state index in [4.69, 9.17) is 4.84 Å². The molecule has 0 radical (unpaired) electrons. The first-order chi connectivity index (χ1) is 12.3. The lowest BCUT2D eigenvalue weighted by molar-refractivity contribution is 0.0844. The van der Waals surface area contributed by atoms with E-state index in [0.29, 0.717) is 11.6 Å². The van der Waals surface area contributed by atoms with Gasteiger partial charge in [0.1, 0.15) is 4.90 Å². The van der Waals surface area contributed by atoms with Crippen LogP contribution in [-0.4, -0.2) is 15.0 Å². The molecule has 1 saturated carbocycles. The van der Waals surface area contributed by atoms with E-state index in [0.717, 1.165) is 34.1 Å². The summed E-state index contributed by atoms with van der Waals surface area (Å²) in [5.74, 6) is -2.07. The summed E-state index contributed by atoms with van der Waals surface area (Å²) in [6.07, 6.45) is 1.98. The van der Waals surface area contributed by atoms with Crippen LogP contribution in [-0.2, 0) is 14.9 Å². The fourth-order valence-corrected chi connectivity index (χ4v) is 3.95. The van der Waals surface area contributed by atoms with Crippen LogP contribution in [0.15, 0.2) is 35.2 Å². The Morgan fingerprint density at radius 2 is 1.96 bits per heavy atom. The molecule has 0 spiro atoms. The molecule has 3 rings (SSSR count). The molecule has 0 aromatic heterocycles. The van der Waals surface area contributed by atoms with Crippen molar-refractivity contribution < 1.29 is 22.0 Å². The molecule has 0 unspecified atom stereocenters. The molecule has 0 heterocycles. The minimum Gasteiger partial charge on any atom is -0.352 e. The predicted molar refractivity (Wildman–Crippen MR) is 103 cm³/mol. The van der Waals surface area contributed by atoms with Gasteiger partial charge in [0, 0.05) is 9.26 Å². The van der Waals surface area contributed by atoms with Crippen molar-refractivity contribution in [1.29, 1.82) is 0 Å². The molecule has 2 aromatic carbocycles. The SMILES string of the molecule is Cc1cc(I)ccc1Nc1c(S(=O)(=O)NOCC2CC2)ccc(F)c1F. The lowest BCUT2D eigenvalue weighted by atomic mass is 10.2. The molecule has 26 heavy (non-hydrogen) atoms. The number of sulfonamides is 1. The molecule has 2 aromatic rings. The highest BCUT2D eigenvalue weighted by Crippen LogP contribution is 2.32. The smallest absolute Gasteiger partial charge is 0.264 e. The van der Waals surface area contributed by atoms with Gasteiger partial charge in [-0.15, -0.1) is 0 Å². The van der Waals surface area contributed by atoms with Gasteiger partial charge < -0.3 is 5.32 Å². The van der Waals surface area contributed by atoms with Gasteiger partial charge in [0.15, 0.2) is 11.6 Å². The average Bonchev–Trinajstić information content (AvgIpc) is 3.38. The van der Waals surface area contributed by atoms with Crippen LogP contribution < -0.4 is 10.2 Å². The number of halogens is 3. The Bertz CT molecular complexity index is 934. The summed E-state index contributed by atoms with van der Waals surface area (Å²) < 4.78 is 54.0. The number of anilines is 2. The highest BCUT2D eigenvalue weighted by atomic mass is 127. The van der Waals surface area contributed by atoms with E-state index in [-0.39, 0.29) is 6.61 Å². The van der Waals surface area contributed by atoms with Crippen molar-refractivity contribution in [2.75, 3.05) is 11.9 Å². The van der Waals surface area contributed by atoms with Crippen LogP contribution in [0.3, 0.4) is 0 Å². The first-order valence-corrected chi connectivity index (χ1v) is 10.5. The molecule has 1 fully saturated rings. The summed E-state index contributed by atoms with van der Waals surface area (Å²) in [4.78, 5) is 6.57. The normalized spacial score (nSPS) is 14.5. The second kappa shape index (κ2) is 7.75. The molecule has 0 amide bonds. The van der Waals surface area contributed by atoms with Crippen molar-refractivity contribution in [3.05, 3.63) is 51.1 Å². The summed E-state index contributed by atoms with van der Waals surface area (Å²) >= 11 is 2.13.